The predicted molar refractivity (Wildman–Crippen MR) is 101 cm³/mol. The van der Waals surface area contributed by atoms with Crippen molar-refractivity contribution in [1.29, 1.82) is 0 Å². The number of ether oxygens (including phenoxy) is 1. The van der Waals surface area contributed by atoms with E-state index in [4.69, 9.17) is 4.42 Å². The summed E-state index contributed by atoms with van der Waals surface area (Å²) in [6.45, 7) is 0.509. The van der Waals surface area contributed by atoms with Crippen LogP contribution in [-0.2, 0) is 11.3 Å². The first-order valence-corrected chi connectivity index (χ1v) is 9.20. The molecule has 0 saturated carbocycles. The van der Waals surface area contributed by atoms with Gasteiger partial charge in [0, 0.05) is 11.6 Å². The van der Waals surface area contributed by atoms with E-state index in [1.807, 2.05) is 0 Å². The van der Waals surface area contributed by atoms with E-state index in [1.54, 1.807) is 12.1 Å². The maximum atomic E-state index is 13.9. The minimum Gasteiger partial charge on any atom is -0.458 e. The molecule has 0 saturated heterocycles. The number of fused-ring (bicyclic) bond motifs is 2. The van der Waals surface area contributed by atoms with E-state index in [-0.39, 0.29) is 29.0 Å². The number of hydrogen-bond acceptors (Lipinski definition) is 6. The van der Waals surface area contributed by atoms with Crippen molar-refractivity contribution in [3.8, 4) is 0 Å². The number of halogens is 4. The number of nitrogens with one attached hydrogen (secondary N) is 1. The summed E-state index contributed by atoms with van der Waals surface area (Å²) < 4.78 is 63.2. The summed E-state index contributed by atoms with van der Waals surface area (Å²) in [5.41, 5.74) is -0.0348. The van der Waals surface area contributed by atoms with E-state index in [9.17, 15) is 27.2 Å². The van der Waals surface area contributed by atoms with Gasteiger partial charge in [0.1, 0.15) is 28.4 Å². The van der Waals surface area contributed by atoms with Crippen molar-refractivity contribution < 1.29 is 36.3 Å². The number of hydrogen-bond donors (Lipinski definition) is 1. The second kappa shape index (κ2) is 7.94. The highest BCUT2D eigenvalue weighted by molar-refractivity contribution is 6.02. The smallest absolute Gasteiger partial charge is 0.425 e. The van der Waals surface area contributed by atoms with E-state index in [2.05, 4.69) is 20.1 Å². The molecule has 166 valence electrons. The Labute approximate surface area is 176 Å². The number of carbonyl (C=O) groups is 2. The molecule has 0 spiro atoms. The number of rotatable bonds is 5. The van der Waals surface area contributed by atoms with E-state index < -0.39 is 35.5 Å². The highest BCUT2D eigenvalue weighted by Crippen LogP contribution is 2.28. The van der Waals surface area contributed by atoms with Gasteiger partial charge in [-0.25, -0.2) is 18.7 Å². The van der Waals surface area contributed by atoms with Gasteiger partial charge < -0.3 is 14.5 Å². The maximum absolute atomic E-state index is 13.9. The van der Waals surface area contributed by atoms with Gasteiger partial charge in [0.05, 0.1) is 12.7 Å². The van der Waals surface area contributed by atoms with Gasteiger partial charge in [-0.05, 0) is 37.3 Å². The SMILES string of the molecule is CC(OC(=O)c1cc(F)cc2cc(CNC(=O)c3cnc4cccnn34)oc12)C(F)(F)F. The Bertz CT molecular complexity index is 1330. The average Bonchev–Trinajstić information content (AvgIpc) is 3.34. The molecule has 0 bridgehead atoms. The normalized spacial score (nSPS) is 12.8. The van der Waals surface area contributed by atoms with Crippen LogP contribution in [0.1, 0.15) is 33.5 Å². The minimum atomic E-state index is -4.77. The van der Waals surface area contributed by atoms with Crippen LogP contribution in [0.3, 0.4) is 0 Å². The van der Waals surface area contributed by atoms with Crippen LogP contribution in [0.4, 0.5) is 17.6 Å². The Kier molecular flexibility index (Phi) is 5.28. The predicted octanol–water partition coefficient (Wildman–Crippen LogP) is 3.65. The summed E-state index contributed by atoms with van der Waals surface area (Å²) in [6.07, 6.45) is -4.34. The number of amides is 1. The van der Waals surface area contributed by atoms with Gasteiger partial charge in [0.2, 0.25) is 0 Å². The first-order valence-electron chi connectivity index (χ1n) is 9.20. The molecule has 3 heterocycles. The Hall–Kier alpha value is -3.96. The molecule has 1 unspecified atom stereocenters. The third kappa shape index (κ3) is 4.11. The highest BCUT2D eigenvalue weighted by Gasteiger charge is 2.39. The maximum Gasteiger partial charge on any atom is 0.425 e. The molecule has 1 atom stereocenters. The number of nitrogens with zero attached hydrogens (tertiary/aromatic N) is 3. The molecular formula is C20H14F4N4O4. The number of benzene rings is 1. The van der Waals surface area contributed by atoms with Crippen LogP contribution < -0.4 is 5.32 Å². The van der Waals surface area contributed by atoms with Gasteiger partial charge in [-0.1, -0.05) is 0 Å². The van der Waals surface area contributed by atoms with Gasteiger partial charge in [-0.3, -0.25) is 4.79 Å². The van der Waals surface area contributed by atoms with Crippen molar-refractivity contribution in [3.63, 3.8) is 0 Å². The number of carbonyl (C=O) groups excluding carboxylic acids is 2. The summed E-state index contributed by atoms with van der Waals surface area (Å²) in [6, 6.07) is 6.45. The molecule has 1 amide bonds. The lowest BCUT2D eigenvalue weighted by Gasteiger charge is -2.16. The lowest BCUT2D eigenvalue weighted by atomic mass is 10.1. The second-order valence-electron chi connectivity index (χ2n) is 6.79. The van der Waals surface area contributed by atoms with E-state index in [1.165, 1.54) is 23.0 Å². The standard InChI is InChI=1S/C20H14F4N4O4/c1-10(20(22,23)24)31-19(30)14-7-12(21)5-11-6-13(32-17(11)14)8-26-18(29)15-9-25-16-3-2-4-27-28(15)16/h2-7,9-10H,8H2,1H3,(H,26,29). The van der Waals surface area contributed by atoms with E-state index in [0.29, 0.717) is 12.6 Å². The van der Waals surface area contributed by atoms with Crippen molar-refractivity contribution in [2.24, 2.45) is 0 Å². The van der Waals surface area contributed by atoms with Crippen LogP contribution in [-0.4, -0.2) is 38.8 Å². The molecule has 0 radical (unpaired) electrons. The monoisotopic (exact) mass is 450 g/mol. The number of furan rings is 1. The third-order valence-corrected chi connectivity index (χ3v) is 4.53. The Morgan fingerprint density at radius 1 is 1.28 bits per heavy atom. The molecule has 0 aliphatic rings. The number of aromatic nitrogens is 3. The van der Waals surface area contributed by atoms with Crippen LogP contribution in [0.25, 0.3) is 16.6 Å². The molecule has 32 heavy (non-hydrogen) atoms. The first kappa shape index (κ1) is 21.3. The summed E-state index contributed by atoms with van der Waals surface area (Å²) in [7, 11) is 0. The minimum absolute atomic E-state index is 0.123. The van der Waals surface area contributed by atoms with Crippen LogP contribution in [0, 0.1) is 5.82 Å². The lowest BCUT2D eigenvalue weighted by molar-refractivity contribution is -0.198. The quantitative estimate of drug-likeness (QED) is 0.368. The molecule has 8 nitrogen and oxygen atoms in total. The van der Waals surface area contributed by atoms with Gasteiger partial charge in [-0.2, -0.15) is 18.3 Å². The molecule has 0 fully saturated rings. The second-order valence-corrected chi connectivity index (χ2v) is 6.79. The molecule has 0 aliphatic heterocycles. The molecule has 4 aromatic rings. The molecule has 1 aromatic carbocycles. The number of imidazole rings is 1. The zero-order valence-electron chi connectivity index (χ0n) is 16.3. The molecule has 0 aliphatic carbocycles. The Morgan fingerprint density at radius 3 is 2.81 bits per heavy atom. The van der Waals surface area contributed by atoms with Crippen molar-refractivity contribution in [2.45, 2.75) is 25.7 Å². The van der Waals surface area contributed by atoms with Crippen molar-refractivity contribution >= 4 is 28.5 Å². The van der Waals surface area contributed by atoms with Gasteiger partial charge in [0.15, 0.2) is 11.8 Å². The highest BCUT2D eigenvalue weighted by atomic mass is 19.4. The Morgan fingerprint density at radius 2 is 2.06 bits per heavy atom. The Balaban J connectivity index is 1.55. The topological polar surface area (TPSA) is 98.7 Å². The third-order valence-electron chi connectivity index (χ3n) is 4.53. The molecular weight excluding hydrogens is 436 g/mol. The van der Waals surface area contributed by atoms with E-state index in [0.717, 1.165) is 12.1 Å². The van der Waals surface area contributed by atoms with Crippen LogP contribution >= 0.6 is 0 Å². The van der Waals surface area contributed by atoms with Crippen LogP contribution in [0.15, 0.2) is 47.1 Å². The molecule has 3 aromatic heterocycles. The summed E-state index contributed by atoms with van der Waals surface area (Å²) >= 11 is 0. The summed E-state index contributed by atoms with van der Waals surface area (Å²) in [5, 5.41) is 6.73. The number of esters is 1. The van der Waals surface area contributed by atoms with Crippen LogP contribution in [0.2, 0.25) is 0 Å². The fourth-order valence-corrected chi connectivity index (χ4v) is 2.94. The zero-order chi connectivity index (χ0) is 23.0. The van der Waals surface area contributed by atoms with Crippen molar-refractivity contribution in [2.75, 3.05) is 0 Å². The average molecular weight is 450 g/mol. The van der Waals surface area contributed by atoms with Crippen molar-refractivity contribution in [3.05, 3.63) is 65.6 Å². The zero-order valence-corrected chi connectivity index (χ0v) is 16.3. The van der Waals surface area contributed by atoms with Gasteiger partial charge in [0.25, 0.3) is 5.91 Å². The fraction of sp³-hybridized carbons (Fsp3) is 0.200. The molecule has 4 rings (SSSR count). The molecule has 12 heteroatoms. The van der Waals surface area contributed by atoms with Gasteiger partial charge in [-0.15, -0.1) is 0 Å². The van der Waals surface area contributed by atoms with Crippen molar-refractivity contribution in [1.82, 2.24) is 19.9 Å². The van der Waals surface area contributed by atoms with Crippen LogP contribution in [0.5, 0.6) is 0 Å². The summed E-state index contributed by atoms with van der Waals surface area (Å²) in [4.78, 5) is 28.7. The first-order chi connectivity index (χ1) is 15.1. The van der Waals surface area contributed by atoms with Gasteiger partial charge >= 0.3 is 12.1 Å². The number of alkyl halides is 3. The fourth-order valence-electron chi connectivity index (χ4n) is 2.94. The molecule has 1 N–H and O–H groups in total. The largest absolute Gasteiger partial charge is 0.458 e. The summed E-state index contributed by atoms with van der Waals surface area (Å²) in [5.74, 6) is -2.64. The lowest BCUT2D eigenvalue weighted by Crippen LogP contribution is -2.31. The van der Waals surface area contributed by atoms with E-state index >= 15 is 0 Å².